The van der Waals surface area contributed by atoms with Gasteiger partial charge in [-0.25, -0.2) is 4.98 Å². The maximum Gasteiger partial charge on any atom is 0.306 e. The van der Waals surface area contributed by atoms with Crippen LogP contribution in [-0.2, 0) is 22.5 Å². The summed E-state index contributed by atoms with van der Waals surface area (Å²) in [7, 11) is 1.38. The number of rotatable bonds is 5. The largest absolute Gasteiger partial charge is 0.469 e. The van der Waals surface area contributed by atoms with Crippen molar-refractivity contribution in [1.29, 1.82) is 0 Å². The van der Waals surface area contributed by atoms with Crippen molar-refractivity contribution < 1.29 is 9.53 Å². The number of anilines is 2. The van der Waals surface area contributed by atoms with Crippen molar-refractivity contribution in [2.24, 2.45) is 0 Å². The Morgan fingerprint density at radius 2 is 2.15 bits per heavy atom. The van der Waals surface area contributed by atoms with E-state index in [4.69, 9.17) is 22.1 Å². The molecular weight excluding hydrogens is 366 g/mol. The first-order valence-electron chi connectivity index (χ1n) is 8.94. The summed E-state index contributed by atoms with van der Waals surface area (Å²) in [6.07, 6.45) is 3.08. The molecule has 0 spiro atoms. The SMILES string of the molecule is CCc1c(C)cnc(CN2CC(CC(=O)OC)c3c(Cl)nc(N)nc32)c1C. The highest BCUT2D eigenvalue weighted by atomic mass is 35.5. The normalized spacial score (nSPS) is 15.7. The molecule has 2 N–H and O–H groups in total. The Morgan fingerprint density at radius 1 is 1.41 bits per heavy atom. The highest BCUT2D eigenvalue weighted by molar-refractivity contribution is 6.30. The lowest BCUT2D eigenvalue weighted by Crippen LogP contribution is -2.24. The monoisotopic (exact) mass is 389 g/mol. The molecule has 0 bridgehead atoms. The molecule has 0 radical (unpaired) electrons. The van der Waals surface area contributed by atoms with Crippen LogP contribution in [0.2, 0.25) is 5.15 Å². The van der Waals surface area contributed by atoms with Gasteiger partial charge in [-0.2, -0.15) is 4.98 Å². The highest BCUT2D eigenvalue weighted by Gasteiger charge is 2.35. The molecule has 1 unspecified atom stereocenters. The number of carbonyl (C=O) groups excluding carboxylic acids is 1. The van der Waals surface area contributed by atoms with Gasteiger partial charge in [0, 0.05) is 24.2 Å². The van der Waals surface area contributed by atoms with Crippen LogP contribution in [0.25, 0.3) is 0 Å². The van der Waals surface area contributed by atoms with E-state index in [-0.39, 0.29) is 29.4 Å². The molecule has 0 saturated carbocycles. The molecule has 0 aliphatic carbocycles. The van der Waals surface area contributed by atoms with Crippen molar-refractivity contribution >= 4 is 29.3 Å². The average Bonchev–Trinajstić information content (AvgIpc) is 2.95. The number of carbonyl (C=O) groups is 1. The van der Waals surface area contributed by atoms with Gasteiger partial charge in [-0.1, -0.05) is 18.5 Å². The molecule has 1 aliphatic heterocycles. The molecule has 3 rings (SSSR count). The molecule has 27 heavy (non-hydrogen) atoms. The summed E-state index contributed by atoms with van der Waals surface area (Å²) in [6, 6.07) is 0. The first-order valence-corrected chi connectivity index (χ1v) is 9.32. The number of pyridine rings is 1. The van der Waals surface area contributed by atoms with E-state index >= 15 is 0 Å². The Bertz CT molecular complexity index is 887. The summed E-state index contributed by atoms with van der Waals surface area (Å²) in [6.45, 7) is 7.46. The molecule has 0 fully saturated rings. The number of halogens is 1. The summed E-state index contributed by atoms with van der Waals surface area (Å²) in [4.78, 5) is 27.0. The molecule has 144 valence electrons. The molecule has 2 aromatic heterocycles. The molecule has 1 atom stereocenters. The molecule has 0 amide bonds. The third-order valence-corrected chi connectivity index (χ3v) is 5.44. The molecular formula is C19H24ClN5O2. The van der Waals surface area contributed by atoms with Crippen molar-refractivity contribution in [3.8, 4) is 0 Å². The number of nitrogens with zero attached hydrogens (tertiary/aromatic N) is 4. The van der Waals surface area contributed by atoms with E-state index in [9.17, 15) is 4.79 Å². The minimum atomic E-state index is -0.293. The lowest BCUT2D eigenvalue weighted by molar-refractivity contribution is -0.141. The predicted octanol–water partition coefficient (Wildman–Crippen LogP) is 2.95. The fourth-order valence-electron chi connectivity index (χ4n) is 3.78. The summed E-state index contributed by atoms with van der Waals surface area (Å²) in [5.74, 6) is 0.349. The topological polar surface area (TPSA) is 94.2 Å². The molecule has 7 nitrogen and oxygen atoms in total. The summed E-state index contributed by atoms with van der Waals surface area (Å²) >= 11 is 6.34. The zero-order valence-electron chi connectivity index (χ0n) is 16.0. The Morgan fingerprint density at radius 3 is 2.81 bits per heavy atom. The van der Waals surface area contributed by atoms with Gasteiger partial charge in [0.2, 0.25) is 5.95 Å². The van der Waals surface area contributed by atoms with Gasteiger partial charge in [0.25, 0.3) is 0 Å². The van der Waals surface area contributed by atoms with E-state index in [1.54, 1.807) is 0 Å². The summed E-state index contributed by atoms with van der Waals surface area (Å²) in [5, 5.41) is 0.289. The quantitative estimate of drug-likeness (QED) is 0.620. The maximum absolute atomic E-state index is 11.8. The van der Waals surface area contributed by atoms with Crippen molar-refractivity contribution in [1.82, 2.24) is 15.0 Å². The van der Waals surface area contributed by atoms with E-state index in [0.29, 0.717) is 18.9 Å². The van der Waals surface area contributed by atoms with Crippen LogP contribution in [0.3, 0.4) is 0 Å². The van der Waals surface area contributed by atoms with Crippen LogP contribution in [0, 0.1) is 13.8 Å². The standard InChI is InChI=1S/C19H24ClN5O2/c1-5-13-10(2)7-22-14(11(13)3)9-25-8-12(6-15(26)27-4)16-17(20)23-19(21)24-18(16)25/h7,12H,5-6,8-9H2,1-4H3,(H2,21,23,24). The van der Waals surface area contributed by atoms with Gasteiger partial charge in [-0.05, 0) is 37.0 Å². The first kappa shape index (κ1) is 19.4. The molecule has 1 aliphatic rings. The van der Waals surface area contributed by atoms with Crippen LogP contribution in [-0.4, -0.2) is 34.6 Å². The Kier molecular flexibility index (Phi) is 5.51. The number of hydrogen-bond acceptors (Lipinski definition) is 7. The fourth-order valence-corrected chi connectivity index (χ4v) is 4.10. The van der Waals surface area contributed by atoms with Crippen molar-refractivity contribution in [3.05, 3.63) is 39.3 Å². The Labute approximate surface area is 163 Å². The average molecular weight is 390 g/mol. The van der Waals surface area contributed by atoms with Gasteiger partial charge >= 0.3 is 5.97 Å². The third-order valence-electron chi connectivity index (χ3n) is 5.16. The summed E-state index contributed by atoms with van der Waals surface area (Å²) in [5.41, 5.74) is 11.2. The van der Waals surface area contributed by atoms with Crippen LogP contribution in [0.5, 0.6) is 0 Å². The Hall–Kier alpha value is -2.41. The van der Waals surface area contributed by atoms with Crippen LogP contribution >= 0.6 is 11.6 Å². The van der Waals surface area contributed by atoms with E-state index < -0.39 is 0 Å². The number of nitrogen functional groups attached to an aromatic ring is 1. The number of hydrogen-bond donors (Lipinski definition) is 1. The first-order chi connectivity index (χ1) is 12.8. The van der Waals surface area contributed by atoms with Gasteiger partial charge in [-0.15, -0.1) is 0 Å². The number of aryl methyl sites for hydroxylation is 1. The molecule has 2 aromatic rings. The number of nitrogens with two attached hydrogens (primary N) is 1. The van der Waals surface area contributed by atoms with E-state index in [1.807, 2.05) is 6.20 Å². The van der Waals surface area contributed by atoms with Crippen LogP contribution in [0.15, 0.2) is 6.20 Å². The Balaban J connectivity index is 1.97. The van der Waals surface area contributed by atoms with Gasteiger partial charge in [0.05, 0.1) is 25.8 Å². The number of ether oxygens (including phenoxy) is 1. The predicted molar refractivity (Wildman–Crippen MR) is 105 cm³/mol. The molecule has 3 heterocycles. The second kappa shape index (κ2) is 7.68. The second-order valence-corrected chi connectivity index (χ2v) is 7.17. The lowest BCUT2D eigenvalue weighted by atomic mass is 10.0. The van der Waals surface area contributed by atoms with Crippen LogP contribution in [0.1, 0.15) is 47.2 Å². The molecule has 0 saturated heterocycles. The number of aromatic nitrogens is 3. The smallest absolute Gasteiger partial charge is 0.306 e. The van der Waals surface area contributed by atoms with Crippen LogP contribution in [0.4, 0.5) is 11.8 Å². The van der Waals surface area contributed by atoms with Gasteiger partial charge < -0.3 is 15.4 Å². The third kappa shape index (κ3) is 3.69. The fraction of sp³-hybridized carbons (Fsp3) is 0.474. The van der Waals surface area contributed by atoms with Gasteiger partial charge in [-0.3, -0.25) is 9.78 Å². The second-order valence-electron chi connectivity index (χ2n) is 6.81. The molecule has 8 heteroatoms. The zero-order valence-corrected chi connectivity index (χ0v) is 16.8. The maximum atomic E-state index is 11.8. The van der Waals surface area contributed by atoms with E-state index in [2.05, 4.69) is 40.6 Å². The minimum absolute atomic E-state index is 0.116. The van der Waals surface area contributed by atoms with E-state index in [0.717, 1.165) is 17.7 Å². The summed E-state index contributed by atoms with van der Waals surface area (Å²) < 4.78 is 4.83. The van der Waals surface area contributed by atoms with E-state index in [1.165, 1.54) is 23.8 Å². The van der Waals surface area contributed by atoms with Crippen LogP contribution < -0.4 is 10.6 Å². The number of esters is 1. The van der Waals surface area contributed by atoms with Crippen molar-refractivity contribution in [2.45, 2.75) is 46.1 Å². The minimum Gasteiger partial charge on any atom is -0.469 e. The van der Waals surface area contributed by atoms with Gasteiger partial charge in [0.15, 0.2) is 0 Å². The number of fused-ring (bicyclic) bond motifs is 1. The van der Waals surface area contributed by atoms with Gasteiger partial charge in [0.1, 0.15) is 11.0 Å². The van der Waals surface area contributed by atoms with Crippen molar-refractivity contribution in [3.63, 3.8) is 0 Å². The van der Waals surface area contributed by atoms with Crippen molar-refractivity contribution in [2.75, 3.05) is 24.3 Å². The number of methoxy groups -OCH3 is 1. The lowest BCUT2D eigenvalue weighted by Gasteiger charge is -2.21. The zero-order chi connectivity index (χ0) is 19.7. The highest BCUT2D eigenvalue weighted by Crippen LogP contribution is 2.41. The molecule has 0 aromatic carbocycles.